The summed E-state index contributed by atoms with van der Waals surface area (Å²) in [5, 5.41) is 12.0. The molecule has 1 fully saturated rings. The Hall–Kier alpha value is -0.590. The van der Waals surface area contributed by atoms with Gasteiger partial charge in [-0.05, 0) is 38.4 Å². The molecule has 0 radical (unpaired) electrons. The molecule has 13 heavy (non-hydrogen) atoms. The molecule has 1 heterocycles. The standard InChI is InChI=1S/C10H19N3/c1-2-13(7-5-11)9-10-4-3-6-12-8-10/h10,12H,2-4,6-9H2,1H3. The van der Waals surface area contributed by atoms with Crippen LogP contribution in [-0.2, 0) is 0 Å². The molecule has 1 aliphatic rings. The molecule has 1 N–H and O–H groups in total. The number of nitrogens with zero attached hydrogens (tertiary/aromatic N) is 2. The van der Waals surface area contributed by atoms with Crippen LogP contribution in [-0.4, -0.2) is 37.6 Å². The van der Waals surface area contributed by atoms with Gasteiger partial charge in [0.2, 0.25) is 0 Å². The van der Waals surface area contributed by atoms with E-state index in [9.17, 15) is 0 Å². The zero-order valence-electron chi connectivity index (χ0n) is 8.42. The second-order valence-corrected chi connectivity index (χ2v) is 3.70. The lowest BCUT2D eigenvalue weighted by molar-refractivity contribution is 0.235. The number of hydrogen-bond donors (Lipinski definition) is 1. The predicted molar refractivity (Wildman–Crippen MR) is 53.3 cm³/mol. The van der Waals surface area contributed by atoms with E-state index in [4.69, 9.17) is 5.26 Å². The monoisotopic (exact) mass is 181 g/mol. The van der Waals surface area contributed by atoms with Crippen LogP contribution in [0.5, 0.6) is 0 Å². The van der Waals surface area contributed by atoms with Crippen molar-refractivity contribution < 1.29 is 0 Å². The molecule has 1 aliphatic heterocycles. The SMILES string of the molecule is CCN(CC#N)CC1CCCNC1. The number of hydrogen-bond acceptors (Lipinski definition) is 3. The third kappa shape index (κ3) is 3.75. The lowest BCUT2D eigenvalue weighted by Gasteiger charge is -2.27. The summed E-state index contributed by atoms with van der Waals surface area (Å²) in [7, 11) is 0. The van der Waals surface area contributed by atoms with Gasteiger partial charge in [-0.2, -0.15) is 5.26 Å². The number of piperidine rings is 1. The van der Waals surface area contributed by atoms with Gasteiger partial charge in [-0.15, -0.1) is 0 Å². The summed E-state index contributed by atoms with van der Waals surface area (Å²) in [5.74, 6) is 0.752. The van der Waals surface area contributed by atoms with E-state index in [1.54, 1.807) is 0 Å². The highest BCUT2D eigenvalue weighted by molar-refractivity contribution is 4.79. The van der Waals surface area contributed by atoms with E-state index in [0.717, 1.165) is 25.6 Å². The van der Waals surface area contributed by atoms with E-state index >= 15 is 0 Å². The molecule has 1 unspecified atom stereocenters. The fourth-order valence-corrected chi connectivity index (χ4v) is 1.85. The maximum absolute atomic E-state index is 8.59. The number of nitriles is 1. The molecule has 3 nitrogen and oxygen atoms in total. The van der Waals surface area contributed by atoms with Crippen molar-refractivity contribution in [1.29, 1.82) is 5.26 Å². The van der Waals surface area contributed by atoms with Crippen LogP contribution in [0.2, 0.25) is 0 Å². The van der Waals surface area contributed by atoms with Gasteiger partial charge in [0.15, 0.2) is 0 Å². The minimum absolute atomic E-state index is 0.576. The Labute approximate surface area is 80.7 Å². The van der Waals surface area contributed by atoms with Gasteiger partial charge in [0.05, 0.1) is 12.6 Å². The highest BCUT2D eigenvalue weighted by Crippen LogP contribution is 2.11. The molecule has 0 aromatic rings. The molecule has 0 aromatic heterocycles. The van der Waals surface area contributed by atoms with Gasteiger partial charge in [-0.3, -0.25) is 4.90 Å². The Bertz CT molecular complexity index is 167. The molecular formula is C10H19N3. The third-order valence-electron chi connectivity index (χ3n) is 2.66. The molecule has 0 aliphatic carbocycles. The van der Waals surface area contributed by atoms with Crippen molar-refractivity contribution in [3.05, 3.63) is 0 Å². The molecule has 74 valence electrons. The van der Waals surface area contributed by atoms with Crippen molar-refractivity contribution in [2.24, 2.45) is 5.92 Å². The van der Waals surface area contributed by atoms with Gasteiger partial charge in [0.1, 0.15) is 0 Å². The van der Waals surface area contributed by atoms with Crippen LogP contribution in [0.4, 0.5) is 0 Å². The fraction of sp³-hybridized carbons (Fsp3) is 0.900. The second-order valence-electron chi connectivity index (χ2n) is 3.70. The van der Waals surface area contributed by atoms with Crippen molar-refractivity contribution in [3.63, 3.8) is 0 Å². The Morgan fingerprint density at radius 1 is 1.62 bits per heavy atom. The first-order chi connectivity index (χ1) is 6.36. The van der Waals surface area contributed by atoms with E-state index < -0.39 is 0 Å². The minimum atomic E-state index is 0.576. The van der Waals surface area contributed by atoms with Crippen molar-refractivity contribution >= 4 is 0 Å². The average Bonchev–Trinajstić information content (AvgIpc) is 2.19. The topological polar surface area (TPSA) is 39.1 Å². The van der Waals surface area contributed by atoms with Crippen LogP contribution in [0.25, 0.3) is 0 Å². The van der Waals surface area contributed by atoms with E-state index in [2.05, 4.69) is 23.2 Å². The molecule has 3 heteroatoms. The van der Waals surface area contributed by atoms with Crippen LogP contribution in [0.1, 0.15) is 19.8 Å². The van der Waals surface area contributed by atoms with Gasteiger partial charge in [-0.25, -0.2) is 0 Å². The largest absolute Gasteiger partial charge is 0.316 e. The quantitative estimate of drug-likeness (QED) is 0.653. The summed E-state index contributed by atoms with van der Waals surface area (Å²) in [4.78, 5) is 2.22. The lowest BCUT2D eigenvalue weighted by Crippen LogP contribution is -2.38. The van der Waals surface area contributed by atoms with Crippen LogP contribution < -0.4 is 5.32 Å². The van der Waals surface area contributed by atoms with Crippen LogP contribution in [0.15, 0.2) is 0 Å². The molecule has 1 saturated heterocycles. The summed E-state index contributed by atoms with van der Waals surface area (Å²) in [6.07, 6.45) is 2.60. The molecule has 0 amide bonds. The van der Waals surface area contributed by atoms with Gasteiger partial charge in [-0.1, -0.05) is 6.92 Å². The van der Waals surface area contributed by atoms with Crippen LogP contribution >= 0.6 is 0 Å². The summed E-state index contributed by atoms with van der Waals surface area (Å²) in [6.45, 7) is 7.06. The molecule has 0 aromatic carbocycles. The molecule has 0 saturated carbocycles. The maximum Gasteiger partial charge on any atom is 0.0865 e. The molecule has 1 atom stereocenters. The first kappa shape index (κ1) is 10.5. The Morgan fingerprint density at radius 3 is 3.00 bits per heavy atom. The Morgan fingerprint density at radius 2 is 2.46 bits per heavy atom. The smallest absolute Gasteiger partial charge is 0.0865 e. The Kier molecular flexibility index (Phi) is 4.81. The molecule has 0 bridgehead atoms. The first-order valence-corrected chi connectivity index (χ1v) is 5.16. The van der Waals surface area contributed by atoms with E-state index in [1.807, 2.05) is 0 Å². The normalized spacial score (nSPS) is 23.0. The van der Waals surface area contributed by atoms with Crippen molar-refractivity contribution in [1.82, 2.24) is 10.2 Å². The van der Waals surface area contributed by atoms with Gasteiger partial charge >= 0.3 is 0 Å². The number of nitrogens with one attached hydrogen (secondary N) is 1. The summed E-state index contributed by atoms with van der Waals surface area (Å²) in [6, 6.07) is 2.21. The summed E-state index contributed by atoms with van der Waals surface area (Å²) < 4.78 is 0. The van der Waals surface area contributed by atoms with Crippen molar-refractivity contribution in [2.45, 2.75) is 19.8 Å². The van der Waals surface area contributed by atoms with E-state index in [0.29, 0.717) is 6.54 Å². The van der Waals surface area contributed by atoms with Gasteiger partial charge in [0.25, 0.3) is 0 Å². The molecule has 1 rings (SSSR count). The van der Waals surface area contributed by atoms with Crippen molar-refractivity contribution in [3.8, 4) is 6.07 Å². The predicted octanol–water partition coefficient (Wildman–Crippen LogP) is 0.831. The average molecular weight is 181 g/mol. The van der Waals surface area contributed by atoms with Crippen LogP contribution in [0.3, 0.4) is 0 Å². The van der Waals surface area contributed by atoms with Gasteiger partial charge in [0, 0.05) is 6.54 Å². The minimum Gasteiger partial charge on any atom is -0.316 e. The highest BCUT2D eigenvalue weighted by Gasteiger charge is 2.15. The van der Waals surface area contributed by atoms with E-state index in [-0.39, 0.29) is 0 Å². The second kappa shape index (κ2) is 5.95. The fourth-order valence-electron chi connectivity index (χ4n) is 1.85. The van der Waals surface area contributed by atoms with E-state index in [1.165, 1.54) is 19.4 Å². The highest BCUT2D eigenvalue weighted by atomic mass is 15.1. The molecule has 0 spiro atoms. The lowest BCUT2D eigenvalue weighted by atomic mass is 9.99. The maximum atomic E-state index is 8.59. The Balaban J connectivity index is 2.23. The first-order valence-electron chi connectivity index (χ1n) is 5.16. The summed E-state index contributed by atoms with van der Waals surface area (Å²) in [5.41, 5.74) is 0. The zero-order valence-corrected chi connectivity index (χ0v) is 8.42. The van der Waals surface area contributed by atoms with Crippen molar-refractivity contribution in [2.75, 3.05) is 32.7 Å². The summed E-state index contributed by atoms with van der Waals surface area (Å²) >= 11 is 0. The zero-order chi connectivity index (χ0) is 9.52. The molecular weight excluding hydrogens is 162 g/mol. The number of rotatable bonds is 4. The van der Waals surface area contributed by atoms with Crippen LogP contribution in [0, 0.1) is 17.2 Å². The van der Waals surface area contributed by atoms with Gasteiger partial charge < -0.3 is 5.32 Å². The third-order valence-corrected chi connectivity index (χ3v) is 2.66.